The van der Waals surface area contributed by atoms with Crippen molar-refractivity contribution in [1.82, 2.24) is 9.88 Å². The summed E-state index contributed by atoms with van der Waals surface area (Å²) in [6.45, 7) is 5.82. The molecule has 0 saturated heterocycles. The number of carbonyl (C=O) groups is 1. The standard InChI is InChI=1S/C26H26N2O/c1-18-14-15-25(28(20(3)29)26(18)22-12-8-5-9-13-22)23-16-24(19(2)27-17-23)21-10-6-4-7-11-21/h4-14,16-17,25-26H,15H2,1-3H3/t25-,26+/m0/s1. The van der Waals surface area contributed by atoms with Gasteiger partial charge in [0, 0.05) is 24.4 Å². The molecule has 0 fully saturated rings. The van der Waals surface area contributed by atoms with E-state index in [-0.39, 0.29) is 18.0 Å². The summed E-state index contributed by atoms with van der Waals surface area (Å²) in [5.74, 6) is 0.0816. The molecule has 3 nitrogen and oxygen atoms in total. The molecule has 1 amide bonds. The Hall–Kier alpha value is -3.20. The van der Waals surface area contributed by atoms with Crippen LogP contribution in [0.4, 0.5) is 0 Å². The van der Waals surface area contributed by atoms with E-state index < -0.39 is 0 Å². The van der Waals surface area contributed by atoms with Gasteiger partial charge in [0.2, 0.25) is 5.91 Å². The van der Waals surface area contributed by atoms with Gasteiger partial charge in [-0.05, 0) is 43.0 Å². The summed E-state index contributed by atoms with van der Waals surface area (Å²) in [7, 11) is 0. The van der Waals surface area contributed by atoms with Crippen LogP contribution in [0.15, 0.2) is 84.6 Å². The Morgan fingerprint density at radius 2 is 1.62 bits per heavy atom. The molecule has 2 aromatic carbocycles. The highest BCUT2D eigenvalue weighted by molar-refractivity contribution is 5.76. The Kier molecular flexibility index (Phi) is 5.30. The molecular weight excluding hydrogens is 356 g/mol. The van der Waals surface area contributed by atoms with E-state index in [1.807, 2.05) is 54.4 Å². The first-order chi connectivity index (χ1) is 14.1. The Bertz CT molecular complexity index is 1040. The third kappa shape index (κ3) is 3.73. The number of aromatic nitrogens is 1. The van der Waals surface area contributed by atoms with Crippen LogP contribution in [-0.4, -0.2) is 15.8 Å². The zero-order valence-electron chi connectivity index (χ0n) is 17.2. The molecule has 4 rings (SSSR count). The van der Waals surface area contributed by atoms with Crippen LogP contribution in [0.3, 0.4) is 0 Å². The van der Waals surface area contributed by atoms with Gasteiger partial charge in [-0.1, -0.05) is 72.3 Å². The first kappa shape index (κ1) is 19.1. The Labute approximate surface area is 172 Å². The summed E-state index contributed by atoms with van der Waals surface area (Å²) < 4.78 is 0. The summed E-state index contributed by atoms with van der Waals surface area (Å²) in [4.78, 5) is 19.5. The average Bonchev–Trinajstić information content (AvgIpc) is 2.75. The highest BCUT2D eigenvalue weighted by atomic mass is 16.2. The molecule has 2 atom stereocenters. The summed E-state index contributed by atoms with van der Waals surface area (Å²) in [6.07, 6.45) is 5.00. The molecule has 0 spiro atoms. The first-order valence-corrected chi connectivity index (χ1v) is 10.1. The number of benzene rings is 2. The lowest BCUT2D eigenvalue weighted by Crippen LogP contribution is -2.39. The van der Waals surface area contributed by atoms with Crippen LogP contribution in [0.5, 0.6) is 0 Å². The van der Waals surface area contributed by atoms with Crippen molar-refractivity contribution in [2.45, 2.75) is 39.3 Å². The van der Waals surface area contributed by atoms with Crippen molar-refractivity contribution in [3.05, 3.63) is 101 Å². The van der Waals surface area contributed by atoms with Crippen molar-refractivity contribution < 1.29 is 4.79 Å². The van der Waals surface area contributed by atoms with Crippen LogP contribution in [-0.2, 0) is 4.79 Å². The van der Waals surface area contributed by atoms with Gasteiger partial charge >= 0.3 is 0 Å². The largest absolute Gasteiger partial charge is 0.325 e. The lowest BCUT2D eigenvalue weighted by molar-refractivity contribution is -0.133. The van der Waals surface area contributed by atoms with Crippen LogP contribution < -0.4 is 0 Å². The van der Waals surface area contributed by atoms with Gasteiger partial charge in [-0.25, -0.2) is 0 Å². The average molecular weight is 383 g/mol. The van der Waals surface area contributed by atoms with E-state index in [1.54, 1.807) is 6.92 Å². The first-order valence-electron chi connectivity index (χ1n) is 10.1. The quantitative estimate of drug-likeness (QED) is 0.518. The molecule has 2 heterocycles. The predicted octanol–water partition coefficient (Wildman–Crippen LogP) is 6.04. The van der Waals surface area contributed by atoms with E-state index in [0.717, 1.165) is 34.4 Å². The molecule has 1 aliphatic rings. The molecule has 29 heavy (non-hydrogen) atoms. The van der Waals surface area contributed by atoms with Gasteiger partial charge in [0.15, 0.2) is 0 Å². The number of amides is 1. The van der Waals surface area contributed by atoms with E-state index in [2.05, 4.69) is 48.3 Å². The summed E-state index contributed by atoms with van der Waals surface area (Å²) >= 11 is 0. The molecule has 3 heteroatoms. The lowest BCUT2D eigenvalue weighted by Gasteiger charge is -2.42. The zero-order valence-corrected chi connectivity index (χ0v) is 17.2. The predicted molar refractivity (Wildman–Crippen MR) is 117 cm³/mol. The SMILES string of the molecule is CC(=O)N1[C@@H](c2ccccc2)C(C)=CC[C@H]1c1cnc(C)c(-c2ccccc2)c1. The van der Waals surface area contributed by atoms with Crippen molar-refractivity contribution in [1.29, 1.82) is 0 Å². The molecular formula is C26H26N2O. The molecule has 0 unspecified atom stereocenters. The number of pyridine rings is 1. The van der Waals surface area contributed by atoms with Gasteiger partial charge in [-0.15, -0.1) is 0 Å². The fourth-order valence-electron chi connectivity index (χ4n) is 4.32. The Morgan fingerprint density at radius 1 is 0.966 bits per heavy atom. The normalized spacial score (nSPS) is 19.0. The van der Waals surface area contributed by atoms with Crippen molar-refractivity contribution in [2.75, 3.05) is 0 Å². The maximum atomic E-state index is 12.8. The van der Waals surface area contributed by atoms with Gasteiger partial charge in [-0.3, -0.25) is 9.78 Å². The van der Waals surface area contributed by atoms with E-state index in [4.69, 9.17) is 0 Å². The van der Waals surface area contributed by atoms with E-state index in [9.17, 15) is 4.79 Å². The topological polar surface area (TPSA) is 33.2 Å². The molecule has 0 bridgehead atoms. The zero-order chi connectivity index (χ0) is 20.4. The van der Waals surface area contributed by atoms with E-state index in [0.29, 0.717) is 0 Å². The van der Waals surface area contributed by atoms with E-state index in [1.165, 1.54) is 5.57 Å². The fourth-order valence-corrected chi connectivity index (χ4v) is 4.32. The Morgan fingerprint density at radius 3 is 2.28 bits per heavy atom. The van der Waals surface area contributed by atoms with Crippen LogP contribution in [0.2, 0.25) is 0 Å². The fraction of sp³-hybridized carbons (Fsp3) is 0.231. The second-order valence-electron chi connectivity index (χ2n) is 7.71. The summed E-state index contributed by atoms with van der Waals surface area (Å²) in [5, 5.41) is 0. The number of carbonyl (C=O) groups excluding carboxylic acids is 1. The second kappa shape index (κ2) is 8.04. The van der Waals surface area contributed by atoms with Gasteiger partial charge in [0.25, 0.3) is 0 Å². The van der Waals surface area contributed by atoms with Crippen LogP contribution in [0.25, 0.3) is 11.1 Å². The number of aryl methyl sites for hydroxylation is 1. The number of nitrogens with zero attached hydrogens (tertiary/aromatic N) is 2. The monoisotopic (exact) mass is 382 g/mol. The van der Waals surface area contributed by atoms with E-state index >= 15 is 0 Å². The summed E-state index contributed by atoms with van der Waals surface area (Å²) in [6, 6.07) is 22.7. The molecule has 1 aliphatic heterocycles. The smallest absolute Gasteiger partial charge is 0.220 e. The minimum absolute atomic E-state index is 0.0306. The van der Waals surface area contributed by atoms with Crippen LogP contribution in [0.1, 0.15) is 49.2 Å². The second-order valence-corrected chi connectivity index (χ2v) is 7.71. The van der Waals surface area contributed by atoms with Gasteiger partial charge in [0.05, 0.1) is 12.1 Å². The molecule has 0 aliphatic carbocycles. The Balaban J connectivity index is 1.79. The maximum Gasteiger partial charge on any atom is 0.220 e. The van der Waals surface area contributed by atoms with Crippen molar-refractivity contribution in [2.24, 2.45) is 0 Å². The van der Waals surface area contributed by atoms with Crippen molar-refractivity contribution in [3.63, 3.8) is 0 Å². The molecule has 0 N–H and O–H groups in total. The molecule has 0 radical (unpaired) electrons. The number of rotatable bonds is 3. The highest BCUT2D eigenvalue weighted by Crippen LogP contribution is 2.42. The molecule has 3 aromatic rings. The molecule has 0 saturated carbocycles. The van der Waals surface area contributed by atoms with Crippen molar-refractivity contribution >= 4 is 5.91 Å². The molecule has 146 valence electrons. The third-order valence-electron chi connectivity index (χ3n) is 5.76. The number of hydrogen-bond donors (Lipinski definition) is 0. The lowest BCUT2D eigenvalue weighted by atomic mass is 9.87. The van der Waals surface area contributed by atoms with Gasteiger partial charge < -0.3 is 4.90 Å². The van der Waals surface area contributed by atoms with Gasteiger partial charge in [0.1, 0.15) is 0 Å². The van der Waals surface area contributed by atoms with Crippen molar-refractivity contribution in [3.8, 4) is 11.1 Å². The number of hydrogen-bond acceptors (Lipinski definition) is 2. The maximum absolute atomic E-state index is 12.8. The molecule has 1 aromatic heterocycles. The van der Waals surface area contributed by atoms with Crippen LogP contribution >= 0.6 is 0 Å². The summed E-state index contributed by atoms with van der Waals surface area (Å²) in [5.41, 5.74) is 6.70. The minimum Gasteiger partial charge on any atom is -0.325 e. The minimum atomic E-state index is -0.0473. The highest BCUT2D eigenvalue weighted by Gasteiger charge is 2.34. The van der Waals surface area contributed by atoms with Crippen LogP contribution in [0, 0.1) is 6.92 Å². The van der Waals surface area contributed by atoms with Gasteiger partial charge in [-0.2, -0.15) is 0 Å². The third-order valence-corrected chi connectivity index (χ3v) is 5.76.